The van der Waals surface area contributed by atoms with Crippen molar-refractivity contribution in [3.8, 4) is 0 Å². The minimum Gasteiger partial charge on any atom is -0.365 e. The van der Waals surface area contributed by atoms with E-state index in [9.17, 15) is 9.59 Å². The van der Waals surface area contributed by atoms with E-state index in [0.717, 1.165) is 29.7 Å². The second kappa shape index (κ2) is 5.05. The maximum Gasteiger partial charge on any atom is 0.274 e. The molecule has 0 saturated carbocycles. The highest BCUT2D eigenvalue weighted by Crippen LogP contribution is 2.38. The van der Waals surface area contributed by atoms with Crippen LogP contribution in [0, 0.1) is 0 Å². The maximum atomic E-state index is 12.1. The van der Waals surface area contributed by atoms with Gasteiger partial charge in [-0.25, -0.2) is 0 Å². The van der Waals surface area contributed by atoms with E-state index in [1.165, 1.54) is 11.3 Å². The number of pyridine rings is 1. The summed E-state index contributed by atoms with van der Waals surface area (Å²) in [6.07, 6.45) is 4.39. The molecule has 0 spiro atoms. The lowest BCUT2D eigenvalue weighted by atomic mass is 10.1. The fourth-order valence-electron chi connectivity index (χ4n) is 2.42. The smallest absolute Gasteiger partial charge is 0.274 e. The number of primary amides is 1. The van der Waals surface area contributed by atoms with Crippen LogP contribution in [-0.2, 0) is 12.8 Å². The lowest BCUT2D eigenvalue weighted by molar-refractivity contribution is 0.100. The van der Waals surface area contributed by atoms with Gasteiger partial charge in [0.25, 0.3) is 11.8 Å². The fraction of sp³-hybridized carbons (Fsp3) is 0.214. The number of hydrogen-bond acceptors (Lipinski definition) is 4. The monoisotopic (exact) mass is 287 g/mol. The number of carbonyl (C=O) groups is 2. The summed E-state index contributed by atoms with van der Waals surface area (Å²) in [4.78, 5) is 28.9. The Morgan fingerprint density at radius 1 is 1.30 bits per heavy atom. The second-order valence-electron chi connectivity index (χ2n) is 4.59. The number of aromatic nitrogens is 1. The Kier molecular flexibility index (Phi) is 3.23. The molecule has 0 aliphatic heterocycles. The van der Waals surface area contributed by atoms with Gasteiger partial charge in [-0.15, -0.1) is 11.3 Å². The number of fused-ring (bicyclic) bond motifs is 1. The molecule has 20 heavy (non-hydrogen) atoms. The zero-order valence-corrected chi connectivity index (χ0v) is 11.5. The van der Waals surface area contributed by atoms with Crippen molar-refractivity contribution in [1.29, 1.82) is 0 Å². The Bertz CT molecular complexity index is 679. The van der Waals surface area contributed by atoms with Crippen LogP contribution in [0.5, 0.6) is 0 Å². The van der Waals surface area contributed by atoms with Crippen molar-refractivity contribution in [2.75, 3.05) is 5.32 Å². The predicted octanol–water partition coefficient (Wildman–Crippen LogP) is 1.98. The normalized spacial score (nSPS) is 13.0. The van der Waals surface area contributed by atoms with Gasteiger partial charge in [0.15, 0.2) is 0 Å². The summed E-state index contributed by atoms with van der Waals surface area (Å²) >= 11 is 1.44. The number of carbonyl (C=O) groups excluding carboxylic acids is 2. The SMILES string of the molecule is NC(=O)c1c(NC(=O)c2ccccn2)sc2c1CCC2. The van der Waals surface area contributed by atoms with Crippen molar-refractivity contribution in [1.82, 2.24) is 4.98 Å². The molecule has 0 atom stereocenters. The standard InChI is InChI=1S/C14H13N3O2S/c15-12(18)11-8-4-3-6-10(8)20-14(11)17-13(19)9-5-1-2-7-16-9/h1-2,5,7H,3-4,6H2,(H2,15,18)(H,17,19). The summed E-state index contributed by atoms with van der Waals surface area (Å²) < 4.78 is 0. The van der Waals surface area contributed by atoms with E-state index in [1.54, 1.807) is 24.4 Å². The Morgan fingerprint density at radius 2 is 2.15 bits per heavy atom. The van der Waals surface area contributed by atoms with Crippen LogP contribution in [0.15, 0.2) is 24.4 Å². The molecule has 0 aromatic carbocycles. The van der Waals surface area contributed by atoms with Crippen LogP contribution < -0.4 is 11.1 Å². The van der Waals surface area contributed by atoms with E-state index in [0.29, 0.717) is 16.3 Å². The quantitative estimate of drug-likeness (QED) is 0.905. The molecule has 1 aliphatic carbocycles. The number of nitrogens with zero attached hydrogens (tertiary/aromatic N) is 1. The van der Waals surface area contributed by atoms with Crippen LogP contribution in [-0.4, -0.2) is 16.8 Å². The number of nitrogens with two attached hydrogens (primary N) is 1. The highest BCUT2D eigenvalue weighted by Gasteiger charge is 2.26. The van der Waals surface area contributed by atoms with Crippen molar-refractivity contribution in [3.63, 3.8) is 0 Å². The van der Waals surface area contributed by atoms with Crippen LogP contribution in [0.1, 0.15) is 37.7 Å². The molecule has 3 rings (SSSR count). The molecule has 2 aromatic rings. The number of nitrogens with one attached hydrogen (secondary N) is 1. The summed E-state index contributed by atoms with van der Waals surface area (Å²) in [6.45, 7) is 0. The Labute approximate surface area is 119 Å². The zero-order valence-electron chi connectivity index (χ0n) is 10.7. The summed E-state index contributed by atoms with van der Waals surface area (Å²) in [5.41, 5.74) is 7.23. The first-order valence-electron chi connectivity index (χ1n) is 6.33. The average molecular weight is 287 g/mol. The van der Waals surface area contributed by atoms with Crippen LogP contribution in [0.3, 0.4) is 0 Å². The topological polar surface area (TPSA) is 85.1 Å². The van der Waals surface area contributed by atoms with Crippen molar-refractivity contribution in [2.45, 2.75) is 19.3 Å². The lowest BCUT2D eigenvalue weighted by Gasteiger charge is -2.05. The summed E-state index contributed by atoms with van der Waals surface area (Å²) in [6, 6.07) is 5.11. The van der Waals surface area contributed by atoms with Gasteiger partial charge in [-0.1, -0.05) is 6.07 Å². The van der Waals surface area contributed by atoms with Crippen molar-refractivity contribution < 1.29 is 9.59 Å². The fourth-order valence-corrected chi connectivity index (χ4v) is 3.71. The van der Waals surface area contributed by atoms with E-state index in [2.05, 4.69) is 10.3 Å². The summed E-state index contributed by atoms with van der Waals surface area (Å²) in [5, 5.41) is 3.29. The Balaban J connectivity index is 1.92. The molecule has 0 saturated heterocycles. The first-order chi connectivity index (χ1) is 9.66. The van der Waals surface area contributed by atoms with E-state index in [4.69, 9.17) is 5.73 Å². The minimum atomic E-state index is -0.485. The third-order valence-corrected chi connectivity index (χ3v) is 4.50. The van der Waals surface area contributed by atoms with Crippen molar-refractivity contribution in [3.05, 3.63) is 46.1 Å². The van der Waals surface area contributed by atoms with E-state index < -0.39 is 5.91 Å². The van der Waals surface area contributed by atoms with E-state index in [1.807, 2.05) is 0 Å². The van der Waals surface area contributed by atoms with Gasteiger partial charge >= 0.3 is 0 Å². The summed E-state index contributed by atoms with van der Waals surface area (Å²) in [5.74, 6) is -0.811. The van der Waals surface area contributed by atoms with Gasteiger partial charge in [0.1, 0.15) is 10.7 Å². The van der Waals surface area contributed by atoms with Gasteiger partial charge in [0, 0.05) is 11.1 Å². The lowest BCUT2D eigenvalue weighted by Crippen LogP contribution is -2.18. The maximum absolute atomic E-state index is 12.1. The van der Waals surface area contributed by atoms with Gasteiger partial charge in [0.2, 0.25) is 0 Å². The minimum absolute atomic E-state index is 0.316. The van der Waals surface area contributed by atoms with Crippen LogP contribution in [0.25, 0.3) is 0 Å². The number of thiophene rings is 1. The largest absolute Gasteiger partial charge is 0.365 e. The molecule has 2 aromatic heterocycles. The number of aryl methyl sites for hydroxylation is 1. The van der Waals surface area contributed by atoms with Gasteiger partial charge in [-0.05, 0) is 37.0 Å². The van der Waals surface area contributed by atoms with Gasteiger partial charge in [0.05, 0.1) is 5.56 Å². The molecule has 0 fully saturated rings. The van der Waals surface area contributed by atoms with Crippen molar-refractivity contribution >= 4 is 28.2 Å². The third-order valence-electron chi connectivity index (χ3n) is 3.29. The van der Waals surface area contributed by atoms with Crippen LogP contribution in [0.4, 0.5) is 5.00 Å². The van der Waals surface area contributed by atoms with Crippen LogP contribution >= 0.6 is 11.3 Å². The second-order valence-corrected chi connectivity index (χ2v) is 5.70. The molecule has 5 nitrogen and oxygen atoms in total. The van der Waals surface area contributed by atoms with E-state index >= 15 is 0 Å². The molecular weight excluding hydrogens is 274 g/mol. The number of amides is 2. The predicted molar refractivity (Wildman–Crippen MR) is 77.1 cm³/mol. The van der Waals surface area contributed by atoms with E-state index in [-0.39, 0.29) is 5.91 Å². The Morgan fingerprint density at radius 3 is 2.85 bits per heavy atom. The highest BCUT2D eigenvalue weighted by atomic mass is 32.1. The number of hydrogen-bond donors (Lipinski definition) is 2. The highest BCUT2D eigenvalue weighted by molar-refractivity contribution is 7.17. The Hall–Kier alpha value is -2.21. The molecule has 6 heteroatoms. The molecular formula is C14H13N3O2S. The van der Waals surface area contributed by atoms with Gasteiger partial charge < -0.3 is 11.1 Å². The number of anilines is 1. The molecule has 102 valence electrons. The molecule has 0 radical (unpaired) electrons. The first-order valence-corrected chi connectivity index (χ1v) is 7.15. The first kappa shape index (κ1) is 12.8. The molecule has 2 amide bonds. The molecule has 0 bridgehead atoms. The molecule has 3 N–H and O–H groups in total. The van der Waals surface area contributed by atoms with Gasteiger partial charge in [-0.3, -0.25) is 14.6 Å². The molecule has 0 unspecified atom stereocenters. The third kappa shape index (κ3) is 2.18. The number of rotatable bonds is 3. The van der Waals surface area contributed by atoms with Crippen molar-refractivity contribution in [2.24, 2.45) is 5.73 Å². The van der Waals surface area contributed by atoms with Gasteiger partial charge in [-0.2, -0.15) is 0 Å². The zero-order chi connectivity index (χ0) is 14.1. The molecule has 1 aliphatic rings. The summed E-state index contributed by atoms with van der Waals surface area (Å²) in [7, 11) is 0. The molecule has 2 heterocycles. The average Bonchev–Trinajstić information content (AvgIpc) is 2.99. The van der Waals surface area contributed by atoms with Crippen LogP contribution in [0.2, 0.25) is 0 Å².